The van der Waals surface area contributed by atoms with E-state index in [1.807, 2.05) is 47.9 Å². The van der Waals surface area contributed by atoms with Gasteiger partial charge < -0.3 is 23.8 Å². The Hall–Kier alpha value is -4.40. The number of benzene rings is 1. The minimum Gasteiger partial charge on any atom is -0.465 e. The summed E-state index contributed by atoms with van der Waals surface area (Å²) in [4.78, 5) is 35.7. The van der Waals surface area contributed by atoms with Crippen molar-refractivity contribution in [2.24, 2.45) is 0 Å². The van der Waals surface area contributed by atoms with Crippen molar-refractivity contribution in [1.29, 1.82) is 0 Å². The van der Waals surface area contributed by atoms with Crippen molar-refractivity contribution >= 4 is 17.9 Å². The van der Waals surface area contributed by atoms with Crippen molar-refractivity contribution in [3.63, 3.8) is 0 Å². The number of carbonyl (C=O) groups excluding carboxylic acids is 2. The highest BCUT2D eigenvalue weighted by atomic mass is 16.3. The number of nitrogens with zero attached hydrogens (tertiary/aromatic N) is 5. The van der Waals surface area contributed by atoms with Gasteiger partial charge in [0.15, 0.2) is 0 Å². The lowest BCUT2D eigenvalue weighted by Crippen LogP contribution is -2.43. The van der Waals surface area contributed by atoms with Gasteiger partial charge in [-0.1, -0.05) is 30.3 Å². The lowest BCUT2D eigenvalue weighted by molar-refractivity contribution is -0.133. The van der Waals surface area contributed by atoms with Crippen LogP contribution >= 0.6 is 0 Å². The van der Waals surface area contributed by atoms with E-state index in [2.05, 4.69) is 36.6 Å². The normalized spacial score (nSPS) is 14.3. The summed E-state index contributed by atoms with van der Waals surface area (Å²) in [6, 6.07) is 13.8. The lowest BCUT2D eigenvalue weighted by Gasteiger charge is -2.32. The second kappa shape index (κ2) is 11.6. The van der Waals surface area contributed by atoms with E-state index in [1.165, 1.54) is 17.9 Å². The third-order valence-electron chi connectivity index (χ3n) is 6.63. The van der Waals surface area contributed by atoms with Crippen molar-refractivity contribution in [2.45, 2.75) is 31.8 Å². The van der Waals surface area contributed by atoms with Crippen LogP contribution in [0.2, 0.25) is 0 Å². The zero-order valence-corrected chi connectivity index (χ0v) is 20.6. The fraction of sp³-hybridized carbons (Fsp3) is 0.286. The van der Waals surface area contributed by atoms with E-state index < -0.39 is 0 Å². The molecule has 190 valence electrons. The molecule has 9 nitrogen and oxygen atoms in total. The van der Waals surface area contributed by atoms with Crippen LogP contribution in [0.25, 0.3) is 6.08 Å². The van der Waals surface area contributed by atoms with E-state index in [0.29, 0.717) is 25.4 Å². The third-order valence-corrected chi connectivity index (χ3v) is 6.63. The first-order chi connectivity index (χ1) is 18.2. The molecular weight excluding hydrogens is 468 g/mol. The van der Waals surface area contributed by atoms with Gasteiger partial charge in [0.05, 0.1) is 19.4 Å². The molecular formula is C28H30N6O3. The highest BCUT2D eigenvalue weighted by molar-refractivity contribution is 5.94. The molecule has 1 aromatic carbocycles. The average molecular weight is 499 g/mol. The van der Waals surface area contributed by atoms with Crippen LogP contribution in [0, 0.1) is 0 Å². The van der Waals surface area contributed by atoms with Crippen LogP contribution in [0.1, 0.15) is 41.7 Å². The summed E-state index contributed by atoms with van der Waals surface area (Å²) < 4.78 is 9.49. The molecule has 0 spiro atoms. The highest BCUT2D eigenvalue weighted by Gasteiger charge is 2.26. The molecule has 1 fully saturated rings. The Morgan fingerprint density at radius 1 is 0.973 bits per heavy atom. The molecule has 0 saturated carbocycles. The molecule has 5 rings (SSSR count). The van der Waals surface area contributed by atoms with Crippen LogP contribution in [-0.2, 0) is 22.7 Å². The summed E-state index contributed by atoms with van der Waals surface area (Å²) >= 11 is 0. The fourth-order valence-electron chi connectivity index (χ4n) is 4.65. The maximum atomic E-state index is 12.6. The fourth-order valence-corrected chi connectivity index (χ4v) is 4.65. The molecule has 4 heterocycles. The van der Waals surface area contributed by atoms with Crippen molar-refractivity contribution < 1.29 is 14.0 Å². The molecule has 1 saturated heterocycles. The van der Waals surface area contributed by atoms with Gasteiger partial charge in [-0.3, -0.25) is 9.59 Å². The van der Waals surface area contributed by atoms with E-state index in [0.717, 1.165) is 31.0 Å². The highest BCUT2D eigenvalue weighted by Crippen LogP contribution is 2.27. The largest absolute Gasteiger partial charge is 0.465 e. The molecule has 3 aromatic heterocycles. The van der Waals surface area contributed by atoms with Crippen LogP contribution < -0.4 is 5.32 Å². The van der Waals surface area contributed by atoms with Gasteiger partial charge in [0.1, 0.15) is 17.4 Å². The van der Waals surface area contributed by atoms with E-state index in [1.54, 1.807) is 18.2 Å². The summed E-state index contributed by atoms with van der Waals surface area (Å²) in [5, 5.41) is 2.65. The van der Waals surface area contributed by atoms with Gasteiger partial charge in [-0.15, -0.1) is 0 Å². The number of furan rings is 1. The monoisotopic (exact) mass is 498 g/mol. The Morgan fingerprint density at radius 3 is 2.54 bits per heavy atom. The van der Waals surface area contributed by atoms with Crippen molar-refractivity contribution in [2.75, 3.05) is 19.6 Å². The van der Waals surface area contributed by atoms with Crippen LogP contribution in [-0.4, -0.2) is 55.5 Å². The third kappa shape index (κ3) is 6.24. The Labute approximate surface area is 215 Å². The summed E-state index contributed by atoms with van der Waals surface area (Å²) in [5.74, 6) is 2.45. The van der Waals surface area contributed by atoms with Gasteiger partial charge >= 0.3 is 0 Å². The Bertz CT molecular complexity index is 1330. The number of hydrogen-bond acceptors (Lipinski definition) is 5. The summed E-state index contributed by atoms with van der Waals surface area (Å²) in [6.07, 6.45) is 13.8. The second-order valence-electron chi connectivity index (χ2n) is 9.09. The molecule has 1 aliphatic rings. The summed E-state index contributed by atoms with van der Waals surface area (Å²) in [7, 11) is 0. The Kier molecular flexibility index (Phi) is 7.59. The van der Waals surface area contributed by atoms with Crippen molar-refractivity contribution in [1.82, 2.24) is 29.3 Å². The van der Waals surface area contributed by atoms with Crippen LogP contribution in [0.3, 0.4) is 0 Å². The molecule has 0 atom stereocenters. The van der Waals surface area contributed by atoms with Gasteiger partial charge in [-0.2, -0.15) is 0 Å². The maximum Gasteiger partial charge on any atom is 0.244 e. The number of hydrogen-bond donors (Lipinski definition) is 1. The van der Waals surface area contributed by atoms with Gasteiger partial charge in [0, 0.05) is 56.4 Å². The summed E-state index contributed by atoms with van der Waals surface area (Å²) in [5.41, 5.74) is 1.23. The SMILES string of the molecule is O=C(C=Cc1ccco1)NCC(=O)N1CCC(c2nccn2Cc2nccn2Cc2ccccc2)CC1. The van der Waals surface area contributed by atoms with E-state index in [4.69, 9.17) is 4.42 Å². The number of piperidine rings is 1. The second-order valence-corrected chi connectivity index (χ2v) is 9.09. The molecule has 0 unspecified atom stereocenters. The first-order valence-electron chi connectivity index (χ1n) is 12.5. The minimum absolute atomic E-state index is 0.0231. The van der Waals surface area contributed by atoms with Crippen molar-refractivity contribution in [3.05, 3.63) is 103 Å². The molecule has 1 aliphatic heterocycles. The van der Waals surface area contributed by atoms with E-state index in [9.17, 15) is 9.59 Å². The number of likely N-dealkylation sites (tertiary alicyclic amines) is 1. The lowest BCUT2D eigenvalue weighted by atomic mass is 9.96. The van der Waals surface area contributed by atoms with E-state index >= 15 is 0 Å². The molecule has 1 N–H and O–H groups in total. The van der Waals surface area contributed by atoms with Crippen LogP contribution in [0.15, 0.2) is 84.0 Å². The molecule has 0 bridgehead atoms. The zero-order chi connectivity index (χ0) is 25.5. The number of imidazole rings is 2. The van der Waals surface area contributed by atoms with Crippen LogP contribution in [0.4, 0.5) is 0 Å². The molecule has 0 aliphatic carbocycles. The maximum absolute atomic E-state index is 12.6. The van der Waals surface area contributed by atoms with Gasteiger partial charge in [-0.05, 0) is 36.6 Å². The minimum atomic E-state index is -0.327. The molecule has 4 aromatic rings. The molecule has 2 amide bonds. The van der Waals surface area contributed by atoms with Gasteiger partial charge in [0.2, 0.25) is 11.8 Å². The number of carbonyl (C=O) groups is 2. The smallest absolute Gasteiger partial charge is 0.244 e. The molecule has 9 heteroatoms. The van der Waals surface area contributed by atoms with Gasteiger partial charge in [0.25, 0.3) is 0 Å². The predicted octanol–water partition coefficient (Wildman–Crippen LogP) is 3.30. The summed E-state index contributed by atoms with van der Waals surface area (Å²) in [6.45, 7) is 2.67. The number of aromatic nitrogens is 4. The first-order valence-corrected chi connectivity index (χ1v) is 12.5. The van der Waals surface area contributed by atoms with Gasteiger partial charge in [-0.25, -0.2) is 9.97 Å². The Morgan fingerprint density at radius 2 is 1.76 bits per heavy atom. The first kappa shape index (κ1) is 24.3. The molecule has 37 heavy (non-hydrogen) atoms. The quantitative estimate of drug-likeness (QED) is 0.357. The van der Waals surface area contributed by atoms with Crippen molar-refractivity contribution in [3.8, 4) is 0 Å². The topological polar surface area (TPSA) is 98.2 Å². The Balaban J connectivity index is 1.12. The molecule has 0 radical (unpaired) electrons. The predicted molar refractivity (Wildman–Crippen MR) is 138 cm³/mol. The zero-order valence-electron chi connectivity index (χ0n) is 20.6. The number of nitrogens with one attached hydrogen (secondary N) is 1. The average Bonchev–Trinajstić information content (AvgIpc) is 3.70. The number of rotatable bonds is 9. The number of amides is 2. The van der Waals surface area contributed by atoms with Crippen LogP contribution in [0.5, 0.6) is 0 Å². The standard InChI is InChI=1S/C28H30N6O3/c35-26(9-8-24-7-4-18-37-24)31-19-27(36)32-14-10-23(11-15-32)28-30-13-17-34(28)21-25-29-12-16-33(25)20-22-5-2-1-3-6-22/h1-9,12-13,16-18,23H,10-11,14-15,19-21H2,(H,31,35). The van der Waals surface area contributed by atoms with E-state index in [-0.39, 0.29) is 24.3 Å².